The third kappa shape index (κ3) is 2.70. The van der Waals surface area contributed by atoms with Crippen LogP contribution in [0.5, 0.6) is 5.75 Å². The monoisotopic (exact) mass is 224 g/mol. The molecule has 1 aromatic rings. The molecule has 0 spiro atoms. The molecule has 0 N–H and O–H groups in total. The molecule has 3 nitrogen and oxygen atoms in total. The van der Waals surface area contributed by atoms with Gasteiger partial charge in [0.2, 0.25) is 5.95 Å². The van der Waals surface area contributed by atoms with Gasteiger partial charge in [0.1, 0.15) is 12.5 Å². The first-order valence-electron chi connectivity index (χ1n) is 5.79. The first-order valence-corrected chi connectivity index (χ1v) is 5.79. The summed E-state index contributed by atoms with van der Waals surface area (Å²) in [5, 5.41) is 0. The minimum Gasteiger partial charge on any atom is -0.477 e. The highest BCUT2D eigenvalue weighted by molar-refractivity contribution is 5.24. The van der Waals surface area contributed by atoms with Crippen LogP contribution < -0.4 is 4.74 Å². The maximum absolute atomic E-state index is 13.1. The van der Waals surface area contributed by atoms with E-state index in [1.165, 1.54) is 19.0 Å². The fraction of sp³-hybridized carbons (Fsp3) is 0.583. The van der Waals surface area contributed by atoms with Crippen molar-refractivity contribution in [2.75, 3.05) is 19.8 Å². The lowest BCUT2D eigenvalue weighted by Gasteiger charge is -2.15. The van der Waals surface area contributed by atoms with Crippen molar-refractivity contribution < 1.29 is 9.13 Å². The summed E-state index contributed by atoms with van der Waals surface area (Å²) >= 11 is 0. The summed E-state index contributed by atoms with van der Waals surface area (Å²) in [5.41, 5.74) is 0.610. The van der Waals surface area contributed by atoms with Crippen LogP contribution >= 0.6 is 0 Å². The van der Waals surface area contributed by atoms with Gasteiger partial charge in [0.05, 0.1) is 6.20 Å². The average molecular weight is 224 g/mol. The summed E-state index contributed by atoms with van der Waals surface area (Å²) in [4.78, 5) is 5.93. The topological polar surface area (TPSA) is 25.4 Å². The predicted molar refractivity (Wildman–Crippen MR) is 59.9 cm³/mol. The van der Waals surface area contributed by atoms with Crippen molar-refractivity contribution in [1.82, 2.24) is 9.88 Å². The van der Waals surface area contributed by atoms with E-state index in [9.17, 15) is 4.39 Å². The van der Waals surface area contributed by atoms with E-state index in [2.05, 4.69) is 9.88 Å². The summed E-state index contributed by atoms with van der Waals surface area (Å²) < 4.78 is 18.7. The normalized spacial score (nSPS) is 16.6. The van der Waals surface area contributed by atoms with Crippen molar-refractivity contribution in [3.63, 3.8) is 0 Å². The molecule has 2 heterocycles. The number of hydrogen-bond donors (Lipinski definition) is 0. The number of aromatic nitrogens is 1. The van der Waals surface area contributed by atoms with Crippen LogP contribution in [0.15, 0.2) is 12.3 Å². The van der Waals surface area contributed by atoms with E-state index in [0.717, 1.165) is 13.1 Å². The van der Waals surface area contributed by atoms with Crippen LogP contribution in [0.2, 0.25) is 0 Å². The van der Waals surface area contributed by atoms with Crippen molar-refractivity contribution in [3.8, 4) is 5.75 Å². The number of rotatable bonds is 4. The van der Waals surface area contributed by atoms with E-state index in [1.54, 1.807) is 6.07 Å². The van der Waals surface area contributed by atoms with Gasteiger partial charge in [-0.3, -0.25) is 4.90 Å². The Labute approximate surface area is 95.2 Å². The quantitative estimate of drug-likeness (QED) is 0.733. The molecule has 1 saturated heterocycles. The summed E-state index contributed by atoms with van der Waals surface area (Å²) in [6.07, 6.45) is 4.57. The number of nitrogens with zero attached hydrogens (tertiary/aromatic N) is 2. The van der Waals surface area contributed by atoms with Gasteiger partial charge < -0.3 is 4.74 Å². The SMILES string of the molecule is CCc1cc(OCN2CCCC2)cnc1F. The lowest BCUT2D eigenvalue weighted by atomic mass is 10.2. The van der Waals surface area contributed by atoms with Crippen molar-refractivity contribution in [2.24, 2.45) is 0 Å². The van der Waals surface area contributed by atoms with E-state index < -0.39 is 5.95 Å². The lowest BCUT2D eigenvalue weighted by Crippen LogP contribution is -2.24. The zero-order valence-corrected chi connectivity index (χ0v) is 9.58. The molecule has 0 bridgehead atoms. The molecule has 4 heteroatoms. The summed E-state index contributed by atoms with van der Waals surface area (Å²) in [6, 6.07) is 1.73. The van der Waals surface area contributed by atoms with Crippen molar-refractivity contribution in [1.29, 1.82) is 0 Å². The number of aryl methyl sites for hydroxylation is 1. The average Bonchev–Trinajstić information content (AvgIpc) is 2.81. The minimum absolute atomic E-state index is 0.393. The molecule has 0 unspecified atom stereocenters. The van der Waals surface area contributed by atoms with Gasteiger partial charge in [-0.25, -0.2) is 4.98 Å². The van der Waals surface area contributed by atoms with Gasteiger partial charge in [0.15, 0.2) is 0 Å². The van der Waals surface area contributed by atoms with Crippen molar-refractivity contribution in [3.05, 3.63) is 23.8 Å². The largest absolute Gasteiger partial charge is 0.477 e. The molecule has 16 heavy (non-hydrogen) atoms. The molecule has 0 saturated carbocycles. The molecule has 0 amide bonds. The fourth-order valence-electron chi connectivity index (χ4n) is 1.88. The molecule has 0 atom stereocenters. The molecular weight excluding hydrogens is 207 g/mol. The van der Waals surface area contributed by atoms with E-state index in [1.807, 2.05) is 6.92 Å². The van der Waals surface area contributed by atoms with E-state index in [4.69, 9.17) is 4.74 Å². The van der Waals surface area contributed by atoms with Crippen LogP contribution in [0, 0.1) is 5.95 Å². The molecular formula is C12H17FN2O. The highest BCUT2D eigenvalue weighted by Crippen LogP contribution is 2.16. The Kier molecular flexibility index (Phi) is 3.72. The second-order valence-electron chi connectivity index (χ2n) is 4.07. The van der Waals surface area contributed by atoms with Crippen LogP contribution in [-0.4, -0.2) is 29.7 Å². The Balaban J connectivity index is 1.93. The highest BCUT2D eigenvalue weighted by Gasteiger charge is 2.12. The summed E-state index contributed by atoms with van der Waals surface area (Å²) in [5.74, 6) is 0.265. The number of hydrogen-bond acceptors (Lipinski definition) is 3. The van der Waals surface area contributed by atoms with E-state index in [-0.39, 0.29) is 0 Å². The molecule has 88 valence electrons. The number of ether oxygens (including phenoxy) is 1. The van der Waals surface area contributed by atoms with Crippen LogP contribution in [0.1, 0.15) is 25.3 Å². The van der Waals surface area contributed by atoms with Crippen molar-refractivity contribution in [2.45, 2.75) is 26.2 Å². The molecule has 0 radical (unpaired) electrons. The molecule has 1 aromatic heterocycles. The van der Waals surface area contributed by atoms with E-state index in [0.29, 0.717) is 24.5 Å². The van der Waals surface area contributed by atoms with Gasteiger partial charge in [-0.15, -0.1) is 0 Å². The summed E-state index contributed by atoms with van der Waals surface area (Å²) in [6.45, 7) is 4.67. The number of pyridine rings is 1. The second kappa shape index (κ2) is 5.25. The van der Waals surface area contributed by atoms with Gasteiger partial charge >= 0.3 is 0 Å². The standard InChI is InChI=1S/C12H17FN2O/c1-2-10-7-11(8-14-12(10)13)16-9-15-5-3-4-6-15/h7-8H,2-6,9H2,1H3. The Morgan fingerprint density at radius 2 is 2.19 bits per heavy atom. The molecule has 1 aliphatic rings. The Morgan fingerprint density at radius 1 is 1.44 bits per heavy atom. The zero-order valence-electron chi connectivity index (χ0n) is 9.58. The van der Waals surface area contributed by atoms with Gasteiger partial charge in [0.25, 0.3) is 0 Å². The Bertz CT molecular complexity index is 351. The number of likely N-dealkylation sites (tertiary alicyclic amines) is 1. The minimum atomic E-state index is -0.393. The maximum Gasteiger partial charge on any atom is 0.216 e. The van der Waals surface area contributed by atoms with Crippen LogP contribution in [0.3, 0.4) is 0 Å². The highest BCUT2D eigenvalue weighted by atomic mass is 19.1. The fourth-order valence-corrected chi connectivity index (χ4v) is 1.88. The van der Waals surface area contributed by atoms with Gasteiger partial charge in [0, 0.05) is 18.7 Å². The van der Waals surface area contributed by atoms with Gasteiger partial charge in [-0.2, -0.15) is 4.39 Å². The Morgan fingerprint density at radius 3 is 2.88 bits per heavy atom. The van der Waals surface area contributed by atoms with Gasteiger partial charge in [-0.1, -0.05) is 6.92 Å². The van der Waals surface area contributed by atoms with E-state index >= 15 is 0 Å². The van der Waals surface area contributed by atoms with Crippen LogP contribution in [-0.2, 0) is 6.42 Å². The maximum atomic E-state index is 13.1. The zero-order chi connectivity index (χ0) is 11.4. The molecule has 1 fully saturated rings. The smallest absolute Gasteiger partial charge is 0.216 e. The lowest BCUT2D eigenvalue weighted by molar-refractivity contribution is 0.151. The third-order valence-corrected chi connectivity index (χ3v) is 2.88. The molecule has 1 aliphatic heterocycles. The number of halogens is 1. The Hall–Kier alpha value is -1.16. The first kappa shape index (κ1) is 11.3. The first-order chi connectivity index (χ1) is 7.79. The van der Waals surface area contributed by atoms with Crippen LogP contribution in [0.4, 0.5) is 4.39 Å². The van der Waals surface area contributed by atoms with Crippen molar-refractivity contribution >= 4 is 0 Å². The van der Waals surface area contributed by atoms with Gasteiger partial charge in [-0.05, 0) is 25.3 Å². The molecule has 0 aliphatic carbocycles. The third-order valence-electron chi connectivity index (χ3n) is 2.88. The van der Waals surface area contributed by atoms with Crippen LogP contribution in [0.25, 0.3) is 0 Å². The summed E-state index contributed by atoms with van der Waals surface area (Å²) in [7, 11) is 0. The molecule has 0 aromatic carbocycles. The molecule has 2 rings (SSSR count). The second-order valence-corrected chi connectivity index (χ2v) is 4.07. The predicted octanol–water partition coefficient (Wildman–Crippen LogP) is 2.22.